The quantitative estimate of drug-likeness (QED) is 0.759. The van der Waals surface area contributed by atoms with E-state index in [1.165, 1.54) is 0 Å². The van der Waals surface area contributed by atoms with E-state index in [2.05, 4.69) is 32.7 Å². The maximum absolute atomic E-state index is 6.10. The number of rotatable bonds is 1. The number of fused-ring (bicyclic) bond motifs is 1. The highest BCUT2D eigenvalue weighted by Crippen LogP contribution is 2.26. The lowest BCUT2D eigenvalue weighted by molar-refractivity contribution is 0.677. The summed E-state index contributed by atoms with van der Waals surface area (Å²) in [7, 11) is 0. The Labute approximate surface area is 94.2 Å². The van der Waals surface area contributed by atoms with E-state index in [1.807, 2.05) is 11.6 Å². The van der Waals surface area contributed by atoms with Crippen LogP contribution >= 0.6 is 34.2 Å². The van der Waals surface area contributed by atoms with Crippen LogP contribution in [0.3, 0.4) is 0 Å². The minimum Gasteiger partial charge on any atom is -0.248 e. The van der Waals surface area contributed by atoms with E-state index in [0.29, 0.717) is 0 Å². The molecule has 5 heteroatoms. The summed E-state index contributed by atoms with van der Waals surface area (Å²) >= 11 is 8.26. The molecule has 2 aromatic rings. The van der Waals surface area contributed by atoms with E-state index in [4.69, 9.17) is 11.6 Å². The topological polar surface area (TPSA) is 30.7 Å². The van der Waals surface area contributed by atoms with Crippen LogP contribution in [0, 0.1) is 3.57 Å². The molecule has 2 aromatic heterocycles. The van der Waals surface area contributed by atoms with Crippen molar-refractivity contribution in [2.24, 2.45) is 0 Å². The fourth-order valence-electron chi connectivity index (χ4n) is 1.20. The van der Waals surface area contributed by atoms with Gasteiger partial charge < -0.3 is 0 Å². The lowest BCUT2D eigenvalue weighted by Crippen LogP contribution is -1.97. The van der Waals surface area contributed by atoms with Crippen LogP contribution in [0.25, 0.3) is 11.0 Å². The highest BCUT2D eigenvalue weighted by Gasteiger charge is 2.08. The first-order valence-corrected chi connectivity index (χ1v) is 5.35. The molecule has 3 nitrogen and oxygen atoms in total. The van der Waals surface area contributed by atoms with Crippen molar-refractivity contribution < 1.29 is 0 Å². The van der Waals surface area contributed by atoms with Crippen LogP contribution in [0.4, 0.5) is 0 Å². The molecule has 13 heavy (non-hydrogen) atoms. The third-order valence-corrected chi connectivity index (χ3v) is 3.40. The van der Waals surface area contributed by atoms with Crippen LogP contribution in [-0.4, -0.2) is 14.8 Å². The van der Waals surface area contributed by atoms with Crippen molar-refractivity contribution >= 4 is 45.2 Å². The Hall–Kier alpha value is -0.360. The second kappa shape index (κ2) is 3.42. The van der Waals surface area contributed by atoms with E-state index < -0.39 is 0 Å². The lowest BCUT2D eigenvalue weighted by Gasteiger charge is -1.98. The standard InChI is InChI=1S/C8H7ClIN3/c1-2-13-8-5(3-12-13)7(9)6(10)4-11-8/h3-4H,2H2,1H3. The third-order valence-electron chi connectivity index (χ3n) is 1.86. The smallest absolute Gasteiger partial charge is 0.159 e. The number of pyridine rings is 1. The van der Waals surface area contributed by atoms with Gasteiger partial charge in [-0.25, -0.2) is 9.67 Å². The number of hydrogen-bond donors (Lipinski definition) is 0. The molecule has 2 heterocycles. The van der Waals surface area contributed by atoms with Gasteiger partial charge in [0.05, 0.1) is 20.2 Å². The fourth-order valence-corrected chi connectivity index (χ4v) is 1.82. The number of nitrogens with zero attached hydrogens (tertiary/aromatic N) is 3. The van der Waals surface area contributed by atoms with Crippen LogP contribution in [0.1, 0.15) is 6.92 Å². The predicted octanol–water partition coefficient (Wildman–Crippen LogP) is 2.71. The third kappa shape index (κ3) is 1.42. The first kappa shape index (κ1) is 9.21. The van der Waals surface area contributed by atoms with Crippen LogP contribution in [0.5, 0.6) is 0 Å². The fraction of sp³-hybridized carbons (Fsp3) is 0.250. The van der Waals surface area contributed by atoms with E-state index in [-0.39, 0.29) is 0 Å². The molecule has 0 bridgehead atoms. The zero-order valence-electron chi connectivity index (χ0n) is 6.96. The Morgan fingerprint density at radius 1 is 1.54 bits per heavy atom. The Balaban J connectivity index is 2.81. The highest BCUT2D eigenvalue weighted by molar-refractivity contribution is 14.1. The van der Waals surface area contributed by atoms with Gasteiger partial charge >= 0.3 is 0 Å². The molecular formula is C8H7ClIN3. The first-order chi connectivity index (χ1) is 6.24. The summed E-state index contributed by atoms with van der Waals surface area (Å²) < 4.78 is 2.79. The molecule has 0 aromatic carbocycles. The molecule has 2 rings (SSSR count). The molecule has 0 N–H and O–H groups in total. The van der Waals surface area contributed by atoms with Crippen molar-refractivity contribution in [3.63, 3.8) is 0 Å². The summed E-state index contributed by atoms with van der Waals surface area (Å²) in [4.78, 5) is 4.28. The molecule has 0 fully saturated rings. The van der Waals surface area contributed by atoms with Gasteiger partial charge in [-0.3, -0.25) is 0 Å². The van der Waals surface area contributed by atoms with E-state index >= 15 is 0 Å². The van der Waals surface area contributed by atoms with E-state index in [9.17, 15) is 0 Å². The van der Waals surface area contributed by atoms with E-state index in [1.54, 1.807) is 12.4 Å². The summed E-state index contributed by atoms with van der Waals surface area (Å²) in [5, 5.41) is 5.85. The summed E-state index contributed by atoms with van der Waals surface area (Å²) in [5.41, 5.74) is 0.855. The summed E-state index contributed by atoms with van der Waals surface area (Å²) in [6.07, 6.45) is 3.52. The minimum absolute atomic E-state index is 0.741. The molecule has 0 atom stereocenters. The highest BCUT2D eigenvalue weighted by atomic mass is 127. The van der Waals surface area contributed by atoms with Gasteiger partial charge in [-0.2, -0.15) is 5.10 Å². The molecule has 0 aliphatic carbocycles. The van der Waals surface area contributed by atoms with Gasteiger partial charge in [-0.1, -0.05) is 11.6 Å². The average Bonchev–Trinajstić information content (AvgIpc) is 2.55. The molecular weight excluding hydrogens is 300 g/mol. The van der Waals surface area contributed by atoms with Crippen LogP contribution in [0.2, 0.25) is 5.02 Å². The summed E-state index contributed by atoms with van der Waals surface area (Å²) in [6.45, 7) is 2.84. The molecule has 0 saturated carbocycles. The van der Waals surface area contributed by atoms with Crippen LogP contribution in [-0.2, 0) is 6.54 Å². The molecule has 0 radical (unpaired) electrons. The van der Waals surface area contributed by atoms with Gasteiger partial charge in [-0.15, -0.1) is 0 Å². The molecule has 0 unspecified atom stereocenters. The van der Waals surface area contributed by atoms with Crippen molar-refractivity contribution in [1.29, 1.82) is 0 Å². The van der Waals surface area contributed by atoms with Gasteiger partial charge in [0.1, 0.15) is 0 Å². The van der Waals surface area contributed by atoms with Crippen LogP contribution < -0.4 is 0 Å². The Kier molecular flexibility index (Phi) is 2.42. The van der Waals surface area contributed by atoms with E-state index in [0.717, 1.165) is 26.2 Å². The molecule has 0 aliphatic rings. The summed E-state index contributed by atoms with van der Waals surface area (Å²) in [6, 6.07) is 0. The Morgan fingerprint density at radius 2 is 2.31 bits per heavy atom. The Morgan fingerprint density at radius 3 is 3.00 bits per heavy atom. The normalized spacial score (nSPS) is 11.0. The molecule has 0 saturated heterocycles. The van der Waals surface area contributed by atoms with Crippen molar-refractivity contribution in [2.45, 2.75) is 13.5 Å². The predicted molar refractivity (Wildman–Crippen MR) is 60.9 cm³/mol. The maximum atomic E-state index is 6.10. The molecule has 68 valence electrons. The van der Waals surface area contributed by atoms with Crippen LogP contribution in [0.15, 0.2) is 12.4 Å². The lowest BCUT2D eigenvalue weighted by atomic mass is 10.3. The largest absolute Gasteiger partial charge is 0.248 e. The minimum atomic E-state index is 0.741. The second-order valence-corrected chi connectivity index (χ2v) is 4.16. The van der Waals surface area contributed by atoms with Crippen molar-refractivity contribution in [2.75, 3.05) is 0 Å². The van der Waals surface area contributed by atoms with Crippen molar-refractivity contribution in [3.8, 4) is 0 Å². The van der Waals surface area contributed by atoms with Crippen molar-refractivity contribution in [1.82, 2.24) is 14.8 Å². The van der Waals surface area contributed by atoms with Gasteiger partial charge in [0.2, 0.25) is 0 Å². The number of aryl methyl sites for hydroxylation is 1. The Bertz CT molecular complexity index is 452. The summed E-state index contributed by atoms with van der Waals surface area (Å²) in [5.74, 6) is 0. The number of halogens is 2. The molecule has 0 spiro atoms. The zero-order chi connectivity index (χ0) is 9.42. The number of aromatic nitrogens is 3. The maximum Gasteiger partial charge on any atom is 0.159 e. The van der Waals surface area contributed by atoms with Crippen molar-refractivity contribution in [3.05, 3.63) is 21.0 Å². The SMILES string of the molecule is CCn1ncc2c(Cl)c(I)cnc21. The first-order valence-electron chi connectivity index (χ1n) is 3.89. The molecule has 0 amide bonds. The van der Waals surface area contributed by atoms with Gasteiger partial charge in [0, 0.05) is 12.7 Å². The van der Waals surface area contributed by atoms with Gasteiger partial charge in [-0.05, 0) is 29.5 Å². The molecule has 0 aliphatic heterocycles. The number of hydrogen-bond acceptors (Lipinski definition) is 2. The zero-order valence-corrected chi connectivity index (χ0v) is 9.87. The van der Waals surface area contributed by atoms with Gasteiger partial charge in [0.15, 0.2) is 5.65 Å². The van der Waals surface area contributed by atoms with Gasteiger partial charge in [0.25, 0.3) is 0 Å². The monoisotopic (exact) mass is 307 g/mol. The second-order valence-electron chi connectivity index (χ2n) is 2.62. The average molecular weight is 308 g/mol.